The van der Waals surface area contributed by atoms with Gasteiger partial charge < -0.3 is 10.4 Å². The number of carbonyl (C=O) groups excluding carboxylic acids is 1. The third kappa shape index (κ3) is 3.85. The fraction of sp³-hybridized carbons (Fsp3) is 0.308. The highest BCUT2D eigenvalue weighted by atomic mass is 16.4. The van der Waals surface area contributed by atoms with Crippen molar-refractivity contribution in [2.45, 2.75) is 25.8 Å². The summed E-state index contributed by atoms with van der Waals surface area (Å²) in [6, 6.07) is 6.67. The Bertz CT molecular complexity index is 626. The maximum absolute atomic E-state index is 12.3. The molecule has 2 aromatic rings. The van der Waals surface area contributed by atoms with Gasteiger partial charge in [-0.15, -0.1) is 5.10 Å². The first-order chi connectivity index (χ1) is 10.1. The normalized spacial score (nSPS) is 11.9. The molecule has 0 aliphatic rings. The highest BCUT2D eigenvalue weighted by molar-refractivity contribution is 5.97. The van der Waals surface area contributed by atoms with E-state index in [1.165, 1.54) is 11.0 Å². The Morgan fingerprint density at radius 3 is 2.81 bits per heavy atom. The summed E-state index contributed by atoms with van der Waals surface area (Å²) in [6.45, 7) is 1.76. The summed E-state index contributed by atoms with van der Waals surface area (Å²) in [5.41, 5.74) is 0.984. The van der Waals surface area contributed by atoms with Gasteiger partial charge in [0.1, 0.15) is 6.33 Å². The number of carboxylic acids is 1. The molecule has 0 saturated heterocycles. The van der Waals surface area contributed by atoms with Crippen molar-refractivity contribution in [1.29, 1.82) is 0 Å². The maximum atomic E-state index is 12.3. The summed E-state index contributed by atoms with van der Waals surface area (Å²) in [5.74, 6) is -1.18. The van der Waals surface area contributed by atoms with E-state index in [1.54, 1.807) is 31.2 Å². The molecule has 0 aliphatic carbocycles. The average Bonchev–Trinajstić information content (AvgIpc) is 2.99. The monoisotopic (exact) mass is 289 g/mol. The molecule has 21 heavy (non-hydrogen) atoms. The van der Waals surface area contributed by atoms with Crippen molar-refractivity contribution in [3.05, 3.63) is 36.2 Å². The van der Waals surface area contributed by atoms with Crippen molar-refractivity contribution in [3.8, 4) is 5.69 Å². The average molecular weight is 289 g/mol. The van der Waals surface area contributed by atoms with Crippen LogP contribution in [0.4, 0.5) is 0 Å². The molecule has 0 bridgehead atoms. The van der Waals surface area contributed by atoms with Crippen molar-refractivity contribution in [1.82, 2.24) is 25.5 Å². The Kier molecular flexibility index (Phi) is 4.60. The third-order valence-electron chi connectivity index (χ3n) is 2.91. The van der Waals surface area contributed by atoms with Crippen molar-refractivity contribution in [2.24, 2.45) is 0 Å². The van der Waals surface area contributed by atoms with Gasteiger partial charge in [-0.25, -0.2) is 0 Å². The van der Waals surface area contributed by atoms with Crippen LogP contribution in [0.3, 0.4) is 0 Å². The zero-order valence-electron chi connectivity index (χ0n) is 11.4. The van der Waals surface area contributed by atoms with E-state index < -0.39 is 5.97 Å². The Morgan fingerprint density at radius 2 is 2.14 bits per heavy atom. The van der Waals surface area contributed by atoms with Gasteiger partial charge >= 0.3 is 5.97 Å². The third-order valence-corrected chi connectivity index (χ3v) is 2.91. The predicted molar refractivity (Wildman–Crippen MR) is 73.0 cm³/mol. The van der Waals surface area contributed by atoms with Gasteiger partial charge in [-0.3, -0.25) is 9.59 Å². The lowest BCUT2D eigenvalue weighted by Gasteiger charge is -2.14. The molecule has 1 unspecified atom stereocenters. The Hall–Kier alpha value is -2.77. The summed E-state index contributed by atoms with van der Waals surface area (Å²) in [4.78, 5) is 22.8. The molecule has 1 atom stereocenters. The summed E-state index contributed by atoms with van der Waals surface area (Å²) in [6.07, 6.45) is 1.78. The standard InChI is InChI=1S/C13H15N5O3/c1-9(6-7-12(19)20)15-13(21)10-4-2-3-5-11(10)18-8-14-16-17-18/h2-5,8-9H,6-7H2,1H3,(H,15,21)(H,19,20). The van der Waals surface area contributed by atoms with Gasteiger partial charge in [0.05, 0.1) is 11.3 Å². The molecule has 0 aliphatic heterocycles. The molecule has 8 heteroatoms. The van der Waals surface area contributed by atoms with Gasteiger partial charge in [0.15, 0.2) is 0 Å². The number of rotatable bonds is 6. The molecule has 0 radical (unpaired) electrons. The van der Waals surface area contributed by atoms with Crippen molar-refractivity contribution in [3.63, 3.8) is 0 Å². The highest BCUT2D eigenvalue weighted by Crippen LogP contribution is 2.13. The van der Waals surface area contributed by atoms with Gasteiger partial charge in [-0.1, -0.05) is 12.1 Å². The second-order valence-corrected chi connectivity index (χ2v) is 4.58. The number of tetrazole rings is 1. The van der Waals surface area contributed by atoms with Crippen LogP contribution in [0.2, 0.25) is 0 Å². The summed E-state index contributed by atoms with van der Waals surface area (Å²) < 4.78 is 1.40. The second-order valence-electron chi connectivity index (χ2n) is 4.58. The van der Waals surface area contributed by atoms with Crippen molar-refractivity contribution < 1.29 is 14.7 Å². The van der Waals surface area contributed by atoms with E-state index in [4.69, 9.17) is 5.11 Å². The molecular formula is C13H15N5O3. The number of nitrogens with one attached hydrogen (secondary N) is 1. The van der Waals surface area contributed by atoms with Crippen molar-refractivity contribution in [2.75, 3.05) is 0 Å². The summed E-state index contributed by atoms with van der Waals surface area (Å²) in [7, 11) is 0. The maximum Gasteiger partial charge on any atom is 0.303 e. The quantitative estimate of drug-likeness (QED) is 0.807. The van der Waals surface area contributed by atoms with Crippen LogP contribution in [0.25, 0.3) is 5.69 Å². The van der Waals surface area contributed by atoms with Crippen LogP contribution in [-0.2, 0) is 4.79 Å². The minimum atomic E-state index is -0.884. The van der Waals surface area contributed by atoms with Crippen LogP contribution < -0.4 is 5.32 Å². The first-order valence-electron chi connectivity index (χ1n) is 6.43. The Balaban J connectivity index is 2.11. The molecule has 110 valence electrons. The van der Waals surface area contributed by atoms with Crippen LogP contribution >= 0.6 is 0 Å². The molecule has 0 spiro atoms. The minimum Gasteiger partial charge on any atom is -0.481 e. The van der Waals surface area contributed by atoms with Gasteiger partial charge in [0.25, 0.3) is 5.91 Å². The molecular weight excluding hydrogens is 274 g/mol. The van der Waals surface area contributed by atoms with Crippen LogP contribution in [0.15, 0.2) is 30.6 Å². The molecule has 2 N–H and O–H groups in total. The van der Waals surface area contributed by atoms with E-state index in [9.17, 15) is 9.59 Å². The SMILES string of the molecule is CC(CCC(=O)O)NC(=O)c1ccccc1-n1cnnn1. The smallest absolute Gasteiger partial charge is 0.303 e. The minimum absolute atomic E-state index is 0.0100. The lowest BCUT2D eigenvalue weighted by Crippen LogP contribution is -2.33. The molecule has 1 aromatic heterocycles. The molecule has 1 amide bonds. The van der Waals surface area contributed by atoms with E-state index >= 15 is 0 Å². The summed E-state index contributed by atoms with van der Waals surface area (Å²) in [5, 5.41) is 22.3. The lowest BCUT2D eigenvalue weighted by molar-refractivity contribution is -0.137. The molecule has 0 saturated carbocycles. The first-order valence-corrected chi connectivity index (χ1v) is 6.43. The molecule has 2 rings (SSSR count). The number of nitrogens with zero attached hydrogens (tertiary/aromatic N) is 4. The van der Waals surface area contributed by atoms with E-state index in [-0.39, 0.29) is 18.4 Å². The number of amides is 1. The van der Waals surface area contributed by atoms with Crippen LogP contribution in [0.5, 0.6) is 0 Å². The fourth-order valence-electron chi connectivity index (χ4n) is 1.85. The van der Waals surface area contributed by atoms with Crippen LogP contribution in [0.1, 0.15) is 30.1 Å². The highest BCUT2D eigenvalue weighted by Gasteiger charge is 2.15. The van der Waals surface area contributed by atoms with Gasteiger partial charge in [0.2, 0.25) is 0 Å². The zero-order valence-corrected chi connectivity index (χ0v) is 11.4. The number of aliphatic carboxylic acids is 1. The fourth-order valence-corrected chi connectivity index (χ4v) is 1.85. The number of para-hydroxylation sites is 1. The lowest BCUT2D eigenvalue weighted by atomic mass is 10.1. The number of hydrogen-bond acceptors (Lipinski definition) is 5. The number of benzene rings is 1. The van der Waals surface area contributed by atoms with E-state index in [2.05, 4.69) is 20.8 Å². The first kappa shape index (κ1) is 14.6. The van der Waals surface area contributed by atoms with Crippen molar-refractivity contribution >= 4 is 11.9 Å². The molecule has 8 nitrogen and oxygen atoms in total. The van der Waals surface area contributed by atoms with Gasteiger partial charge in [-0.05, 0) is 35.9 Å². The largest absolute Gasteiger partial charge is 0.481 e. The second kappa shape index (κ2) is 6.60. The Labute approximate surface area is 120 Å². The number of hydrogen-bond donors (Lipinski definition) is 2. The molecule has 1 heterocycles. The molecule has 1 aromatic carbocycles. The predicted octanol–water partition coefficient (Wildman–Crippen LogP) is 0.645. The van der Waals surface area contributed by atoms with E-state index in [0.717, 1.165) is 0 Å². The number of carbonyl (C=O) groups is 2. The topological polar surface area (TPSA) is 110 Å². The molecule has 0 fully saturated rings. The summed E-state index contributed by atoms with van der Waals surface area (Å²) >= 11 is 0. The van der Waals surface area contributed by atoms with E-state index in [0.29, 0.717) is 17.7 Å². The van der Waals surface area contributed by atoms with Gasteiger partial charge in [0, 0.05) is 12.5 Å². The van der Waals surface area contributed by atoms with Gasteiger partial charge in [-0.2, -0.15) is 4.68 Å². The Morgan fingerprint density at radius 1 is 1.38 bits per heavy atom. The van der Waals surface area contributed by atoms with Crippen LogP contribution in [-0.4, -0.2) is 43.2 Å². The zero-order chi connectivity index (χ0) is 15.2. The van der Waals surface area contributed by atoms with E-state index in [1.807, 2.05) is 0 Å². The number of carboxylic acid groups (broad SMARTS) is 1. The van der Waals surface area contributed by atoms with Crippen LogP contribution in [0, 0.1) is 0 Å². The number of aromatic nitrogens is 4.